The fourth-order valence-electron chi connectivity index (χ4n) is 2.08. The molecule has 112 valence electrons. The van der Waals surface area contributed by atoms with Gasteiger partial charge in [-0.15, -0.1) is 5.10 Å². The highest BCUT2D eigenvalue weighted by atomic mass is 19.1. The van der Waals surface area contributed by atoms with Gasteiger partial charge in [0.25, 0.3) is 0 Å². The molecule has 0 aliphatic heterocycles. The first kappa shape index (κ1) is 14.2. The van der Waals surface area contributed by atoms with Crippen molar-refractivity contribution in [2.75, 3.05) is 0 Å². The lowest BCUT2D eigenvalue weighted by molar-refractivity contribution is 0.263. The van der Waals surface area contributed by atoms with Gasteiger partial charge in [0, 0.05) is 0 Å². The van der Waals surface area contributed by atoms with E-state index in [1.165, 1.54) is 16.8 Å². The predicted molar refractivity (Wildman–Crippen MR) is 78.0 cm³/mol. The third kappa shape index (κ3) is 2.96. The molecule has 3 rings (SSSR count). The molecule has 0 radical (unpaired) electrons. The molecule has 0 unspecified atom stereocenters. The smallest absolute Gasteiger partial charge is 0.132 e. The zero-order chi connectivity index (χ0) is 15.4. The second-order valence-corrected chi connectivity index (χ2v) is 4.63. The van der Waals surface area contributed by atoms with Crippen molar-refractivity contribution in [3.8, 4) is 11.4 Å². The summed E-state index contributed by atoms with van der Waals surface area (Å²) in [6.07, 6.45) is 0. The number of hydrogen-bond acceptors (Lipinski definition) is 4. The molecule has 3 aromatic rings. The molecule has 6 heteroatoms. The van der Waals surface area contributed by atoms with Crippen LogP contribution in [0.15, 0.2) is 54.6 Å². The molecule has 0 spiro atoms. The third-order valence-corrected chi connectivity index (χ3v) is 3.16. The molecular formula is C16H14FN3O2. The number of ether oxygens (including phenoxy) is 1. The predicted octanol–water partition coefficient (Wildman–Crippen LogP) is 2.48. The summed E-state index contributed by atoms with van der Waals surface area (Å²) in [5, 5.41) is 17.3. The first-order valence-electron chi connectivity index (χ1n) is 6.76. The van der Waals surface area contributed by atoms with E-state index >= 15 is 0 Å². The summed E-state index contributed by atoms with van der Waals surface area (Å²) in [6, 6.07) is 15.3. The summed E-state index contributed by atoms with van der Waals surface area (Å²) in [5.41, 5.74) is 1.51. The van der Waals surface area contributed by atoms with Crippen molar-refractivity contribution in [2.45, 2.75) is 13.2 Å². The number of hydrogen-bond donors (Lipinski definition) is 1. The monoisotopic (exact) mass is 299 g/mol. The minimum Gasteiger partial charge on any atom is -0.487 e. The fourth-order valence-corrected chi connectivity index (χ4v) is 2.08. The Hall–Kier alpha value is -2.73. The molecule has 2 aromatic carbocycles. The zero-order valence-electron chi connectivity index (χ0n) is 11.7. The molecule has 0 amide bonds. The van der Waals surface area contributed by atoms with Gasteiger partial charge in [0.1, 0.15) is 29.6 Å². The highest BCUT2D eigenvalue weighted by molar-refractivity contribution is 5.34. The second kappa shape index (κ2) is 6.36. The van der Waals surface area contributed by atoms with Crippen molar-refractivity contribution in [3.63, 3.8) is 0 Å². The molecule has 0 aliphatic rings. The van der Waals surface area contributed by atoms with Crippen LogP contribution in [0.1, 0.15) is 11.4 Å². The van der Waals surface area contributed by atoms with Crippen LogP contribution in [0.5, 0.6) is 5.75 Å². The maximum absolute atomic E-state index is 13.4. The first-order chi connectivity index (χ1) is 10.8. The Balaban J connectivity index is 1.90. The third-order valence-electron chi connectivity index (χ3n) is 3.16. The molecule has 1 N–H and O–H groups in total. The van der Waals surface area contributed by atoms with Crippen LogP contribution in [0.2, 0.25) is 0 Å². The molecule has 5 nitrogen and oxygen atoms in total. The van der Waals surface area contributed by atoms with E-state index in [0.29, 0.717) is 22.8 Å². The van der Waals surface area contributed by atoms with Crippen molar-refractivity contribution < 1.29 is 14.2 Å². The molecule has 0 atom stereocenters. The van der Waals surface area contributed by atoms with E-state index in [2.05, 4.69) is 10.3 Å². The molecule has 0 saturated carbocycles. The SMILES string of the molecule is OCc1nnn(-c2cccc(F)c2)c1COc1ccccc1. The minimum absolute atomic E-state index is 0.170. The number of rotatable bonds is 5. The summed E-state index contributed by atoms with van der Waals surface area (Å²) >= 11 is 0. The van der Waals surface area contributed by atoms with Crippen molar-refractivity contribution in [3.05, 3.63) is 71.8 Å². The number of para-hydroxylation sites is 1. The Kier molecular flexibility index (Phi) is 4.11. The molecule has 1 heterocycles. The van der Waals surface area contributed by atoms with E-state index < -0.39 is 0 Å². The number of halogens is 1. The Morgan fingerprint density at radius 1 is 1.09 bits per heavy atom. The van der Waals surface area contributed by atoms with E-state index in [1.807, 2.05) is 30.3 Å². The molecule has 22 heavy (non-hydrogen) atoms. The van der Waals surface area contributed by atoms with Crippen LogP contribution in [0.25, 0.3) is 5.69 Å². The summed E-state index contributed by atoms with van der Waals surface area (Å²) in [6.45, 7) is -0.0911. The maximum Gasteiger partial charge on any atom is 0.132 e. The topological polar surface area (TPSA) is 60.2 Å². The Labute approximate surface area is 126 Å². The van der Waals surface area contributed by atoms with E-state index in [-0.39, 0.29) is 19.0 Å². The quantitative estimate of drug-likeness (QED) is 0.786. The molecule has 1 aromatic heterocycles. The second-order valence-electron chi connectivity index (χ2n) is 4.63. The highest BCUT2D eigenvalue weighted by Gasteiger charge is 2.14. The van der Waals surface area contributed by atoms with Gasteiger partial charge in [0.2, 0.25) is 0 Å². The minimum atomic E-state index is -0.367. The lowest BCUT2D eigenvalue weighted by atomic mass is 10.3. The van der Waals surface area contributed by atoms with Gasteiger partial charge in [-0.2, -0.15) is 0 Å². The van der Waals surface area contributed by atoms with Crippen LogP contribution < -0.4 is 4.74 Å². The van der Waals surface area contributed by atoms with E-state index in [1.54, 1.807) is 12.1 Å². The Bertz CT molecular complexity index is 759. The van der Waals surface area contributed by atoms with Crippen LogP contribution in [-0.2, 0) is 13.2 Å². The standard InChI is InChI=1S/C16H14FN3O2/c17-12-5-4-6-13(9-12)20-16(15(10-21)18-19-20)11-22-14-7-2-1-3-8-14/h1-9,21H,10-11H2. The number of aliphatic hydroxyl groups excluding tert-OH is 1. The molecule has 0 fully saturated rings. The average molecular weight is 299 g/mol. The molecule has 0 bridgehead atoms. The summed E-state index contributed by atoms with van der Waals surface area (Å²) < 4.78 is 20.5. The molecule has 0 aliphatic carbocycles. The van der Waals surface area contributed by atoms with Gasteiger partial charge in [0.05, 0.1) is 12.3 Å². The first-order valence-corrected chi connectivity index (χ1v) is 6.76. The van der Waals surface area contributed by atoms with Crippen LogP contribution >= 0.6 is 0 Å². The Morgan fingerprint density at radius 3 is 2.64 bits per heavy atom. The van der Waals surface area contributed by atoms with Crippen LogP contribution in [0, 0.1) is 5.82 Å². The summed E-state index contributed by atoms with van der Waals surface area (Å²) in [7, 11) is 0. The van der Waals surface area contributed by atoms with E-state index in [9.17, 15) is 9.50 Å². The van der Waals surface area contributed by atoms with Gasteiger partial charge in [0.15, 0.2) is 0 Å². The van der Waals surface area contributed by atoms with E-state index in [0.717, 1.165) is 0 Å². The zero-order valence-corrected chi connectivity index (χ0v) is 11.7. The van der Waals surface area contributed by atoms with Gasteiger partial charge < -0.3 is 9.84 Å². The maximum atomic E-state index is 13.4. The highest BCUT2D eigenvalue weighted by Crippen LogP contribution is 2.17. The van der Waals surface area contributed by atoms with Gasteiger partial charge in [-0.05, 0) is 30.3 Å². The van der Waals surface area contributed by atoms with Crippen LogP contribution in [-0.4, -0.2) is 20.1 Å². The number of aliphatic hydroxyl groups is 1. The lowest BCUT2D eigenvalue weighted by Crippen LogP contribution is -2.08. The number of benzene rings is 2. The lowest BCUT2D eigenvalue weighted by Gasteiger charge is -2.09. The van der Waals surface area contributed by atoms with Crippen molar-refractivity contribution >= 4 is 0 Å². The largest absolute Gasteiger partial charge is 0.487 e. The Morgan fingerprint density at radius 2 is 1.91 bits per heavy atom. The van der Waals surface area contributed by atoms with Gasteiger partial charge in [-0.3, -0.25) is 0 Å². The fraction of sp³-hybridized carbons (Fsp3) is 0.125. The summed E-state index contributed by atoms with van der Waals surface area (Å²) in [5.74, 6) is 0.326. The number of nitrogens with zero attached hydrogens (tertiary/aromatic N) is 3. The van der Waals surface area contributed by atoms with Crippen molar-refractivity contribution in [1.29, 1.82) is 0 Å². The van der Waals surface area contributed by atoms with Gasteiger partial charge in [-0.1, -0.05) is 29.5 Å². The number of aromatic nitrogens is 3. The molecule has 0 saturated heterocycles. The van der Waals surface area contributed by atoms with Crippen molar-refractivity contribution in [2.24, 2.45) is 0 Å². The van der Waals surface area contributed by atoms with Crippen LogP contribution in [0.3, 0.4) is 0 Å². The molecular weight excluding hydrogens is 285 g/mol. The van der Waals surface area contributed by atoms with Crippen molar-refractivity contribution in [1.82, 2.24) is 15.0 Å². The summed E-state index contributed by atoms with van der Waals surface area (Å²) in [4.78, 5) is 0. The van der Waals surface area contributed by atoms with Crippen LogP contribution in [0.4, 0.5) is 4.39 Å². The normalized spacial score (nSPS) is 10.6. The van der Waals surface area contributed by atoms with E-state index in [4.69, 9.17) is 4.74 Å². The van der Waals surface area contributed by atoms with Gasteiger partial charge >= 0.3 is 0 Å². The van der Waals surface area contributed by atoms with Gasteiger partial charge in [-0.25, -0.2) is 9.07 Å². The average Bonchev–Trinajstić information content (AvgIpc) is 2.97.